The summed E-state index contributed by atoms with van der Waals surface area (Å²) in [5.41, 5.74) is 2.31. The molecule has 15 heavy (non-hydrogen) atoms. The first-order chi connectivity index (χ1) is 7.00. The van der Waals surface area contributed by atoms with Crippen LogP contribution in [0.3, 0.4) is 0 Å². The molecule has 0 aliphatic heterocycles. The number of carbonyl (C=O) groups is 1. The minimum Gasteiger partial charge on any atom is -0.480 e. The Labute approximate surface area is 97.8 Å². The van der Waals surface area contributed by atoms with Crippen molar-refractivity contribution in [1.82, 2.24) is 4.90 Å². The monoisotopic (exact) mass is 271 g/mol. The number of benzene rings is 1. The van der Waals surface area contributed by atoms with Crippen molar-refractivity contribution in [2.24, 2.45) is 0 Å². The molecule has 3 nitrogen and oxygen atoms in total. The molecule has 0 aromatic heterocycles. The number of nitrogens with zero attached hydrogens (tertiary/aromatic N) is 1. The van der Waals surface area contributed by atoms with E-state index >= 15 is 0 Å². The number of aliphatic carboxylic acids is 1. The second-order valence-corrected chi connectivity index (χ2v) is 4.44. The van der Waals surface area contributed by atoms with Gasteiger partial charge >= 0.3 is 5.97 Å². The first kappa shape index (κ1) is 12.2. The van der Waals surface area contributed by atoms with E-state index in [1.807, 2.05) is 25.1 Å². The smallest absolute Gasteiger partial charge is 0.317 e. The van der Waals surface area contributed by atoms with Crippen LogP contribution in [0.2, 0.25) is 0 Å². The largest absolute Gasteiger partial charge is 0.480 e. The summed E-state index contributed by atoms with van der Waals surface area (Å²) in [7, 11) is 1.80. The second-order valence-electron chi connectivity index (χ2n) is 3.59. The Morgan fingerprint density at radius 1 is 1.53 bits per heavy atom. The van der Waals surface area contributed by atoms with Crippen LogP contribution >= 0.6 is 15.9 Å². The van der Waals surface area contributed by atoms with Gasteiger partial charge in [-0.25, -0.2) is 0 Å². The summed E-state index contributed by atoms with van der Waals surface area (Å²) in [4.78, 5) is 12.3. The highest BCUT2D eigenvalue weighted by Gasteiger charge is 2.07. The van der Waals surface area contributed by atoms with Crippen LogP contribution in [0, 0.1) is 6.92 Å². The molecule has 0 atom stereocenters. The third-order valence-electron chi connectivity index (χ3n) is 2.23. The Balaban J connectivity index is 2.72. The second kappa shape index (κ2) is 5.28. The van der Waals surface area contributed by atoms with Crippen LogP contribution in [0.5, 0.6) is 0 Å². The van der Waals surface area contributed by atoms with Gasteiger partial charge in [0.15, 0.2) is 0 Å². The van der Waals surface area contributed by atoms with Gasteiger partial charge in [-0.2, -0.15) is 0 Å². The van der Waals surface area contributed by atoms with Gasteiger partial charge in [0, 0.05) is 11.0 Å². The van der Waals surface area contributed by atoms with Crippen LogP contribution in [0.1, 0.15) is 11.1 Å². The molecule has 1 N–H and O–H groups in total. The molecule has 0 saturated heterocycles. The summed E-state index contributed by atoms with van der Waals surface area (Å²) in [6, 6.07) is 5.95. The molecule has 0 aliphatic rings. The van der Waals surface area contributed by atoms with Gasteiger partial charge in [-0.1, -0.05) is 28.1 Å². The third-order valence-corrected chi connectivity index (χ3v) is 3.08. The maximum absolute atomic E-state index is 10.5. The molecule has 0 bridgehead atoms. The lowest BCUT2D eigenvalue weighted by molar-refractivity contribution is -0.138. The van der Waals surface area contributed by atoms with Crippen LogP contribution in [0.15, 0.2) is 22.7 Å². The summed E-state index contributed by atoms with van der Waals surface area (Å²) in [5.74, 6) is -0.801. The van der Waals surface area contributed by atoms with Gasteiger partial charge < -0.3 is 5.11 Å². The average Bonchev–Trinajstić information content (AvgIpc) is 2.11. The standard InChI is InChI=1S/C11H14BrNO2/c1-8-9(4-3-5-10(8)12)6-13(2)7-11(14)15/h3-5H,6-7H2,1-2H3,(H,14,15). The summed E-state index contributed by atoms with van der Waals surface area (Å²) in [5, 5.41) is 8.63. The number of halogens is 1. The van der Waals surface area contributed by atoms with Crippen molar-refractivity contribution in [3.63, 3.8) is 0 Å². The van der Waals surface area contributed by atoms with Crippen molar-refractivity contribution in [3.05, 3.63) is 33.8 Å². The number of carboxylic acid groups (broad SMARTS) is 1. The molecule has 1 aromatic carbocycles. The summed E-state index contributed by atoms with van der Waals surface area (Å²) in [6.45, 7) is 2.73. The number of likely N-dealkylation sites (N-methyl/N-ethyl adjacent to an activating group) is 1. The number of hydrogen-bond acceptors (Lipinski definition) is 2. The molecule has 4 heteroatoms. The molecular formula is C11H14BrNO2. The molecule has 82 valence electrons. The van der Waals surface area contributed by atoms with E-state index in [9.17, 15) is 4.79 Å². The van der Waals surface area contributed by atoms with Gasteiger partial charge in [-0.3, -0.25) is 9.69 Å². The van der Waals surface area contributed by atoms with E-state index in [0.29, 0.717) is 6.54 Å². The average molecular weight is 272 g/mol. The van der Waals surface area contributed by atoms with Crippen LogP contribution in [0.25, 0.3) is 0 Å². The van der Waals surface area contributed by atoms with Gasteiger partial charge in [0.25, 0.3) is 0 Å². The highest BCUT2D eigenvalue weighted by molar-refractivity contribution is 9.10. The van der Waals surface area contributed by atoms with Gasteiger partial charge in [-0.05, 0) is 31.2 Å². The zero-order chi connectivity index (χ0) is 11.4. The van der Waals surface area contributed by atoms with Gasteiger partial charge in [-0.15, -0.1) is 0 Å². The van der Waals surface area contributed by atoms with Crippen LogP contribution in [-0.2, 0) is 11.3 Å². The first-order valence-electron chi connectivity index (χ1n) is 4.65. The summed E-state index contributed by atoms with van der Waals surface area (Å²) in [6.07, 6.45) is 0. The van der Waals surface area contributed by atoms with E-state index < -0.39 is 5.97 Å². The third kappa shape index (κ3) is 3.64. The molecule has 1 aromatic rings. The maximum Gasteiger partial charge on any atom is 0.317 e. The quantitative estimate of drug-likeness (QED) is 0.914. The van der Waals surface area contributed by atoms with Crippen LogP contribution in [0.4, 0.5) is 0 Å². The predicted octanol–water partition coefficient (Wildman–Crippen LogP) is 2.27. The molecule has 0 radical (unpaired) electrons. The van der Waals surface area contributed by atoms with Crippen molar-refractivity contribution in [2.75, 3.05) is 13.6 Å². The lowest BCUT2D eigenvalue weighted by atomic mass is 10.1. The Morgan fingerprint density at radius 3 is 2.80 bits per heavy atom. The molecule has 0 heterocycles. The van der Waals surface area contributed by atoms with Crippen molar-refractivity contribution in [1.29, 1.82) is 0 Å². The normalized spacial score (nSPS) is 10.7. The van der Waals surface area contributed by atoms with Crippen molar-refractivity contribution < 1.29 is 9.90 Å². The zero-order valence-electron chi connectivity index (χ0n) is 8.83. The molecule has 0 aliphatic carbocycles. The maximum atomic E-state index is 10.5. The Morgan fingerprint density at radius 2 is 2.20 bits per heavy atom. The Bertz CT molecular complexity index is 366. The lowest BCUT2D eigenvalue weighted by Gasteiger charge is -2.16. The summed E-state index contributed by atoms with van der Waals surface area (Å²) < 4.78 is 1.06. The lowest BCUT2D eigenvalue weighted by Crippen LogP contribution is -2.25. The molecule has 0 saturated carbocycles. The van der Waals surface area contributed by atoms with Crippen molar-refractivity contribution in [3.8, 4) is 0 Å². The molecule has 1 rings (SSSR count). The number of hydrogen-bond donors (Lipinski definition) is 1. The fourth-order valence-electron chi connectivity index (χ4n) is 1.40. The zero-order valence-corrected chi connectivity index (χ0v) is 10.4. The minimum absolute atomic E-state index is 0.0615. The predicted molar refractivity (Wildman–Crippen MR) is 62.8 cm³/mol. The Hall–Kier alpha value is -0.870. The van der Waals surface area contributed by atoms with E-state index in [-0.39, 0.29) is 6.54 Å². The van der Waals surface area contributed by atoms with Gasteiger partial charge in [0.2, 0.25) is 0 Å². The van der Waals surface area contributed by atoms with E-state index in [0.717, 1.165) is 15.6 Å². The fraction of sp³-hybridized carbons (Fsp3) is 0.364. The van der Waals surface area contributed by atoms with Crippen LogP contribution in [-0.4, -0.2) is 29.6 Å². The molecular weight excluding hydrogens is 258 g/mol. The van der Waals surface area contributed by atoms with Gasteiger partial charge in [0.05, 0.1) is 6.54 Å². The number of rotatable bonds is 4. The van der Waals surface area contributed by atoms with E-state index in [1.165, 1.54) is 0 Å². The number of carboxylic acids is 1. The van der Waals surface area contributed by atoms with E-state index in [2.05, 4.69) is 15.9 Å². The highest BCUT2D eigenvalue weighted by atomic mass is 79.9. The summed E-state index contributed by atoms with van der Waals surface area (Å²) >= 11 is 3.45. The van der Waals surface area contributed by atoms with Crippen LogP contribution < -0.4 is 0 Å². The van der Waals surface area contributed by atoms with E-state index in [4.69, 9.17) is 5.11 Å². The van der Waals surface area contributed by atoms with Crippen molar-refractivity contribution >= 4 is 21.9 Å². The SMILES string of the molecule is Cc1c(Br)cccc1CN(C)CC(=O)O. The van der Waals surface area contributed by atoms with Crippen molar-refractivity contribution in [2.45, 2.75) is 13.5 Å². The fourth-order valence-corrected chi connectivity index (χ4v) is 1.81. The molecule has 0 fully saturated rings. The molecule has 0 spiro atoms. The molecule has 0 amide bonds. The topological polar surface area (TPSA) is 40.5 Å². The van der Waals surface area contributed by atoms with E-state index in [1.54, 1.807) is 11.9 Å². The Kier molecular flexibility index (Phi) is 4.29. The highest BCUT2D eigenvalue weighted by Crippen LogP contribution is 2.20. The minimum atomic E-state index is -0.801. The van der Waals surface area contributed by atoms with Gasteiger partial charge in [0.1, 0.15) is 0 Å². The molecule has 0 unspecified atom stereocenters. The first-order valence-corrected chi connectivity index (χ1v) is 5.44.